The van der Waals surface area contributed by atoms with Crippen LogP contribution in [0.5, 0.6) is 5.75 Å². The summed E-state index contributed by atoms with van der Waals surface area (Å²) >= 11 is 0. The van der Waals surface area contributed by atoms with E-state index in [1.165, 1.54) is 0 Å². The molecular weight excluding hydrogens is 254 g/mol. The lowest BCUT2D eigenvalue weighted by Crippen LogP contribution is -2.48. The Labute approximate surface area is 119 Å². The minimum atomic E-state index is -0.123. The highest BCUT2D eigenvalue weighted by atomic mass is 16.6. The van der Waals surface area contributed by atoms with Gasteiger partial charge in [0.15, 0.2) is 0 Å². The largest absolute Gasteiger partial charge is 0.486 e. The van der Waals surface area contributed by atoms with Gasteiger partial charge in [-0.3, -0.25) is 9.88 Å². The van der Waals surface area contributed by atoms with Crippen LogP contribution in [-0.2, 0) is 4.74 Å². The predicted octanol–water partition coefficient (Wildman–Crippen LogP) is 1.61. The van der Waals surface area contributed by atoms with Gasteiger partial charge in [-0.25, -0.2) is 0 Å². The van der Waals surface area contributed by atoms with Gasteiger partial charge in [-0.15, -0.1) is 0 Å². The Balaban J connectivity index is 1.60. The number of piperidine rings is 1. The quantitative estimate of drug-likeness (QED) is 0.783. The van der Waals surface area contributed by atoms with Crippen LogP contribution in [0.25, 0.3) is 0 Å². The summed E-state index contributed by atoms with van der Waals surface area (Å²) in [6, 6.07) is 6.01. The summed E-state index contributed by atoms with van der Waals surface area (Å²) < 4.78 is 12.0. The van der Waals surface area contributed by atoms with Crippen LogP contribution in [0.4, 0.5) is 0 Å². The van der Waals surface area contributed by atoms with Crippen molar-refractivity contribution in [3.05, 3.63) is 24.5 Å². The number of nitriles is 1. The van der Waals surface area contributed by atoms with Gasteiger partial charge in [0.1, 0.15) is 11.9 Å². The third kappa shape index (κ3) is 2.92. The smallest absolute Gasteiger partial charge is 0.138 e. The molecule has 1 spiro atoms. The van der Waals surface area contributed by atoms with E-state index in [2.05, 4.69) is 16.0 Å². The first-order valence-corrected chi connectivity index (χ1v) is 7.10. The molecule has 20 heavy (non-hydrogen) atoms. The van der Waals surface area contributed by atoms with Crippen molar-refractivity contribution in [2.75, 3.05) is 26.2 Å². The number of ether oxygens (including phenoxy) is 2. The van der Waals surface area contributed by atoms with Gasteiger partial charge in [-0.05, 0) is 31.5 Å². The molecule has 1 aromatic rings. The number of pyridine rings is 1. The first-order valence-electron chi connectivity index (χ1n) is 7.10. The molecule has 0 aromatic carbocycles. The van der Waals surface area contributed by atoms with E-state index in [9.17, 15) is 0 Å². The molecule has 0 N–H and O–H groups in total. The van der Waals surface area contributed by atoms with Crippen LogP contribution in [0.2, 0.25) is 0 Å². The Hall–Kier alpha value is -1.64. The third-order valence-electron chi connectivity index (χ3n) is 4.03. The second-order valence-corrected chi connectivity index (χ2v) is 5.60. The average molecular weight is 273 g/mol. The highest BCUT2D eigenvalue weighted by Crippen LogP contribution is 2.35. The van der Waals surface area contributed by atoms with E-state index in [1.54, 1.807) is 12.4 Å². The molecule has 0 amide bonds. The zero-order valence-electron chi connectivity index (χ0n) is 11.5. The van der Waals surface area contributed by atoms with Gasteiger partial charge in [-0.2, -0.15) is 5.26 Å². The molecule has 2 aliphatic heterocycles. The van der Waals surface area contributed by atoms with Crippen molar-refractivity contribution >= 4 is 0 Å². The zero-order valence-corrected chi connectivity index (χ0v) is 11.5. The maximum absolute atomic E-state index is 8.83. The summed E-state index contributed by atoms with van der Waals surface area (Å²) in [5, 5.41) is 8.83. The molecule has 1 aromatic heterocycles. The minimum Gasteiger partial charge on any atom is -0.486 e. The van der Waals surface area contributed by atoms with Crippen molar-refractivity contribution in [2.45, 2.75) is 31.0 Å². The third-order valence-corrected chi connectivity index (χ3v) is 4.03. The molecule has 0 saturated carbocycles. The van der Waals surface area contributed by atoms with E-state index in [1.807, 2.05) is 12.1 Å². The molecule has 3 rings (SSSR count). The van der Waals surface area contributed by atoms with Crippen LogP contribution < -0.4 is 4.74 Å². The molecule has 0 radical (unpaired) electrons. The Kier molecular flexibility index (Phi) is 3.86. The second kappa shape index (κ2) is 5.78. The number of nitrogens with zero attached hydrogens (tertiary/aromatic N) is 3. The molecule has 2 aliphatic rings. The van der Waals surface area contributed by atoms with Gasteiger partial charge in [0.2, 0.25) is 0 Å². The van der Waals surface area contributed by atoms with Crippen LogP contribution in [0.15, 0.2) is 24.5 Å². The number of hydrogen-bond acceptors (Lipinski definition) is 5. The molecule has 5 heteroatoms. The average Bonchev–Trinajstić information content (AvgIpc) is 2.83. The molecule has 2 atom stereocenters. The van der Waals surface area contributed by atoms with Crippen molar-refractivity contribution < 1.29 is 9.47 Å². The van der Waals surface area contributed by atoms with E-state index in [-0.39, 0.29) is 11.7 Å². The second-order valence-electron chi connectivity index (χ2n) is 5.60. The summed E-state index contributed by atoms with van der Waals surface area (Å²) in [6.07, 6.45) is 6.59. The molecule has 0 bridgehead atoms. The highest BCUT2D eigenvalue weighted by Gasteiger charge is 2.44. The summed E-state index contributed by atoms with van der Waals surface area (Å²) in [6.45, 7) is 2.94. The Morgan fingerprint density at radius 3 is 3.35 bits per heavy atom. The monoisotopic (exact) mass is 273 g/mol. The zero-order chi connectivity index (χ0) is 13.8. The van der Waals surface area contributed by atoms with Crippen LogP contribution in [0, 0.1) is 11.3 Å². The molecule has 0 unspecified atom stereocenters. The van der Waals surface area contributed by atoms with Gasteiger partial charge in [0.25, 0.3) is 0 Å². The summed E-state index contributed by atoms with van der Waals surface area (Å²) in [4.78, 5) is 6.23. The van der Waals surface area contributed by atoms with Gasteiger partial charge in [0, 0.05) is 19.2 Å². The lowest BCUT2D eigenvalue weighted by molar-refractivity contribution is -0.0488. The molecule has 5 nitrogen and oxygen atoms in total. The Morgan fingerprint density at radius 1 is 1.60 bits per heavy atom. The minimum absolute atomic E-state index is 0.0845. The van der Waals surface area contributed by atoms with E-state index < -0.39 is 0 Å². The van der Waals surface area contributed by atoms with E-state index >= 15 is 0 Å². The fraction of sp³-hybridized carbons (Fsp3) is 0.600. The van der Waals surface area contributed by atoms with E-state index in [0.717, 1.165) is 38.1 Å². The maximum Gasteiger partial charge on any atom is 0.138 e. The summed E-state index contributed by atoms with van der Waals surface area (Å²) in [5.41, 5.74) is -0.123. The fourth-order valence-corrected chi connectivity index (χ4v) is 3.20. The van der Waals surface area contributed by atoms with Gasteiger partial charge in [0.05, 0.1) is 31.0 Å². The molecule has 2 fully saturated rings. The van der Waals surface area contributed by atoms with Crippen molar-refractivity contribution in [3.8, 4) is 11.8 Å². The first-order chi connectivity index (χ1) is 9.80. The van der Waals surface area contributed by atoms with Crippen LogP contribution >= 0.6 is 0 Å². The van der Waals surface area contributed by atoms with E-state index in [0.29, 0.717) is 13.2 Å². The Morgan fingerprint density at radius 2 is 2.55 bits per heavy atom. The van der Waals surface area contributed by atoms with Crippen LogP contribution in [0.3, 0.4) is 0 Å². The highest BCUT2D eigenvalue weighted by molar-refractivity contribution is 5.16. The number of aromatic nitrogens is 1. The Bertz CT molecular complexity index is 488. The van der Waals surface area contributed by atoms with Crippen molar-refractivity contribution in [1.82, 2.24) is 9.88 Å². The number of likely N-dealkylation sites (tertiary alicyclic amines) is 1. The SMILES string of the molecule is N#CCN1CCC[C@@]2(C[C@@H](Oc3cccnc3)CO2)C1. The van der Waals surface area contributed by atoms with Crippen molar-refractivity contribution in [3.63, 3.8) is 0 Å². The van der Waals surface area contributed by atoms with Gasteiger partial charge in [-0.1, -0.05) is 0 Å². The van der Waals surface area contributed by atoms with Gasteiger partial charge < -0.3 is 9.47 Å². The molecule has 3 heterocycles. The lowest BCUT2D eigenvalue weighted by Gasteiger charge is -2.38. The molecular formula is C15H19N3O2. The standard InChI is InChI=1S/C15H19N3O2/c16-5-8-18-7-2-4-15(12-18)9-14(11-19-15)20-13-3-1-6-17-10-13/h1,3,6,10,14H,2,4,7-9,11-12H2/t14-,15-/m1/s1. The van der Waals surface area contributed by atoms with Gasteiger partial charge >= 0.3 is 0 Å². The molecule has 2 saturated heterocycles. The summed E-state index contributed by atoms with van der Waals surface area (Å²) in [7, 11) is 0. The number of hydrogen-bond donors (Lipinski definition) is 0. The number of rotatable bonds is 3. The first kappa shape index (κ1) is 13.3. The van der Waals surface area contributed by atoms with Crippen LogP contribution in [-0.4, -0.2) is 47.8 Å². The fourth-order valence-electron chi connectivity index (χ4n) is 3.20. The molecule has 106 valence electrons. The summed E-state index contributed by atoms with van der Waals surface area (Å²) in [5.74, 6) is 0.794. The molecule has 0 aliphatic carbocycles. The normalized spacial score (nSPS) is 30.2. The van der Waals surface area contributed by atoms with E-state index in [4.69, 9.17) is 14.7 Å². The lowest BCUT2D eigenvalue weighted by atomic mass is 9.89. The van der Waals surface area contributed by atoms with Crippen LogP contribution in [0.1, 0.15) is 19.3 Å². The topological polar surface area (TPSA) is 58.4 Å². The van der Waals surface area contributed by atoms with Crippen molar-refractivity contribution in [1.29, 1.82) is 5.26 Å². The predicted molar refractivity (Wildman–Crippen MR) is 73.2 cm³/mol. The maximum atomic E-state index is 8.83. The van der Waals surface area contributed by atoms with Crippen molar-refractivity contribution in [2.24, 2.45) is 0 Å².